The fourth-order valence-electron chi connectivity index (χ4n) is 10.1. The topological polar surface area (TPSA) is 308 Å². The summed E-state index contributed by atoms with van der Waals surface area (Å²) in [5.74, 6) is -2.28. The van der Waals surface area contributed by atoms with Gasteiger partial charge in [-0.3, -0.25) is 32.5 Å². The van der Waals surface area contributed by atoms with Crippen molar-refractivity contribution in [3.63, 3.8) is 0 Å². The van der Waals surface area contributed by atoms with Crippen LogP contribution in [-0.4, -0.2) is 112 Å². The third kappa shape index (κ3) is 17.4. The Hall–Kier alpha value is -0.350. The molecule has 3 aromatic carbocycles. The van der Waals surface area contributed by atoms with Crippen molar-refractivity contribution in [3.05, 3.63) is 130 Å². The SMILES string of the molecule is CCOC1=CN(c2ccc(S(=O)(=O)O)cc2)C(=O)C1C1=C(/C=C/C2=[N+](CCCCS(=O)(=O)O)c3ccc(S(=O)(=O)O)cc3C2(C)C)CC/C1=C\C=C1\N(CCCCS(=O)(=O)O)c2ccc(S(=O)(=O)O)cc2C1(C)C.[Na+].[Na+].[Na+].[Na+].[Na+]. The van der Waals surface area contributed by atoms with Crippen LogP contribution in [0.4, 0.5) is 17.1 Å². The normalized spacial score (nSPS) is 18.9. The Kier molecular flexibility index (Phi) is 27.3. The van der Waals surface area contributed by atoms with Gasteiger partial charge in [-0.2, -0.15) is 46.7 Å². The molecule has 0 aromatic heterocycles. The van der Waals surface area contributed by atoms with Crippen molar-refractivity contribution in [1.82, 2.24) is 0 Å². The average Bonchev–Trinajstić information content (AvgIpc) is 3.95. The molecule has 7 rings (SSSR count). The zero-order chi connectivity index (χ0) is 54.6. The summed E-state index contributed by atoms with van der Waals surface area (Å²) in [6.45, 7) is 9.78. The number of unbranched alkanes of at least 4 members (excludes halogenated alkanes) is 2. The Balaban J connectivity index is 0.00000427. The molecule has 4 aliphatic rings. The third-order valence-corrected chi connectivity index (χ3v) is 17.8. The van der Waals surface area contributed by atoms with Crippen LogP contribution in [0, 0.1) is 5.92 Å². The number of benzene rings is 3. The number of hydrogen-bond donors (Lipinski definition) is 5. The van der Waals surface area contributed by atoms with Gasteiger partial charge in [-0.25, -0.2) is 0 Å². The van der Waals surface area contributed by atoms with Crippen LogP contribution in [0.5, 0.6) is 0 Å². The number of carbonyl (C=O) groups excluding carboxylic acids is 1. The van der Waals surface area contributed by atoms with Crippen molar-refractivity contribution in [2.75, 3.05) is 41.0 Å². The first-order valence-electron chi connectivity index (χ1n) is 23.4. The molecule has 3 aromatic rings. The second-order valence-electron chi connectivity index (χ2n) is 19.3. The summed E-state index contributed by atoms with van der Waals surface area (Å²) in [5.41, 5.74) is 3.90. The molecule has 5 N–H and O–H groups in total. The Morgan fingerprint density at radius 3 is 1.72 bits per heavy atom. The molecule has 20 nitrogen and oxygen atoms in total. The summed E-state index contributed by atoms with van der Waals surface area (Å²) in [4.78, 5) is 17.2. The molecule has 1 unspecified atom stereocenters. The van der Waals surface area contributed by atoms with Crippen molar-refractivity contribution in [2.24, 2.45) is 5.92 Å². The number of anilines is 2. The molecule has 0 spiro atoms. The third-order valence-electron chi connectivity index (χ3n) is 13.7. The molecular formula is C49H58N3Na5O17S5+6. The maximum atomic E-state index is 15.0. The second kappa shape index (κ2) is 28.9. The van der Waals surface area contributed by atoms with E-state index in [1.165, 1.54) is 47.5 Å². The standard InChI is InChI=1S/C49H57N3O17S5.5Na/c1-6-69-42-31-52(34-15-17-35(18-16-34)72(60,61)62)47(53)46(42)45-32(13-23-43-48(2,3)38-29-36(73(63,64)65)19-21-40(38)50(43)25-7-9-27-70(54,55)56)11-12-33(45)14-24-44-49(4,5)39-30-37(74(66,67)68)20-22-41(39)51(44)26-8-10-28-71(57,58)59;;;;;/h13-24,29-31,46H,6-12,25-28H2,1-5H3,(H4-,54,55,56,57,58,59,60,61,62,63,64,65,66,67,68);;;;;/q;5*+1/p+1. The Morgan fingerprint density at radius 1 is 0.646 bits per heavy atom. The van der Waals surface area contributed by atoms with Crippen LogP contribution < -0.4 is 158 Å². The zero-order valence-corrected chi connectivity index (χ0v) is 60.1. The van der Waals surface area contributed by atoms with Gasteiger partial charge in [0.2, 0.25) is 11.6 Å². The van der Waals surface area contributed by atoms with E-state index in [0.29, 0.717) is 63.5 Å². The summed E-state index contributed by atoms with van der Waals surface area (Å²) in [7, 11) is -22.3. The molecule has 0 saturated carbocycles. The van der Waals surface area contributed by atoms with Gasteiger partial charge in [0.15, 0.2) is 5.71 Å². The summed E-state index contributed by atoms with van der Waals surface area (Å²) >= 11 is 0. The monoisotopic (exact) mass is 1240 g/mol. The minimum atomic E-state index is -4.62. The van der Waals surface area contributed by atoms with Crippen molar-refractivity contribution in [1.29, 1.82) is 0 Å². The van der Waals surface area contributed by atoms with Crippen molar-refractivity contribution in [3.8, 4) is 0 Å². The number of fused-ring (bicyclic) bond motifs is 2. The minimum absolute atomic E-state index is 0. The van der Waals surface area contributed by atoms with Crippen molar-refractivity contribution in [2.45, 2.75) is 98.7 Å². The molecule has 0 saturated heterocycles. The summed E-state index contributed by atoms with van der Waals surface area (Å²) < 4.78 is 176. The number of nitrogens with zero attached hydrogens (tertiary/aromatic N) is 3. The van der Waals surface area contributed by atoms with Gasteiger partial charge in [0.1, 0.15) is 18.2 Å². The van der Waals surface area contributed by atoms with E-state index in [1.54, 1.807) is 19.1 Å². The molecular weight excluding hydrogens is 1180 g/mol. The van der Waals surface area contributed by atoms with Crippen molar-refractivity contribution < 1.29 is 227 Å². The van der Waals surface area contributed by atoms with Crippen LogP contribution in [0.15, 0.2) is 134 Å². The quantitative estimate of drug-likeness (QED) is 0.0304. The molecule has 30 heteroatoms. The number of rotatable bonds is 20. The van der Waals surface area contributed by atoms with E-state index in [0.717, 1.165) is 12.1 Å². The molecule has 400 valence electrons. The van der Waals surface area contributed by atoms with E-state index < -0.39 is 89.6 Å². The molecule has 1 amide bonds. The first-order chi connectivity index (χ1) is 34.2. The molecule has 0 bridgehead atoms. The van der Waals surface area contributed by atoms with Crippen molar-refractivity contribution >= 4 is 79.3 Å². The number of amides is 1. The number of ether oxygens (including phenoxy) is 1. The number of carbonyl (C=O) groups is 1. The number of hydrogen-bond acceptors (Lipinski definition) is 13. The van der Waals surface area contributed by atoms with Gasteiger partial charge < -0.3 is 9.64 Å². The summed E-state index contributed by atoms with van der Waals surface area (Å²) in [6.07, 6.45) is 10.4. The van der Waals surface area contributed by atoms with E-state index in [1.807, 2.05) is 61.5 Å². The Labute approximate surface area is 573 Å². The number of allylic oxidation sites excluding steroid dienone is 7. The predicted molar refractivity (Wildman–Crippen MR) is 276 cm³/mol. The van der Waals surface area contributed by atoms with Gasteiger partial charge in [-0.15, -0.1) is 0 Å². The van der Waals surface area contributed by atoms with Crippen LogP contribution in [0.2, 0.25) is 0 Å². The van der Waals surface area contributed by atoms with Crippen LogP contribution in [0.1, 0.15) is 84.3 Å². The van der Waals surface area contributed by atoms with Gasteiger partial charge in [0.25, 0.3) is 50.6 Å². The maximum absolute atomic E-state index is 15.0. The van der Waals surface area contributed by atoms with Crippen LogP contribution in [-0.2, 0) is 71.0 Å². The van der Waals surface area contributed by atoms with Gasteiger partial charge in [-0.05, 0) is 136 Å². The first kappa shape index (κ1) is 74.7. The summed E-state index contributed by atoms with van der Waals surface area (Å²) in [5, 5.41) is 0. The molecule has 0 fully saturated rings. The van der Waals surface area contributed by atoms with Crippen LogP contribution in [0.25, 0.3) is 0 Å². The Morgan fingerprint density at radius 2 is 1.18 bits per heavy atom. The summed E-state index contributed by atoms with van der Waals surface area (Å²) in [6, 6.07) is 13.4. The molecule has 0 radical (unpaired) electrons. The van der Waals surface area contributed by atoms with E-state index in [-0.39, 0.29) is 214 Å². The molecule has 3 aliphatic heterocycles. The smallest absolute Gasteiger partial charge is 0.495 e. The maximum Gasteiger partial charge on any atom is 1.00 e. The molecule has 1 atom stereocenters. The van der Waals surface area contributed by atoms with Gasteiger partial charge in [-0.1, -0.05) is 26.0 Å². The van der Waals surface area contributed by atoms with Crippen LogP contribution in [0.3, 0.4) is 0 Å². The predicted octanol–water partition coefficient (Wildman–Crippen LogP) is -8.05. The second-order valence-corrected chi connectivity index (χ2v) is 26.7. The largest absolute Gasteiger partial charge is 1.00 e. The minimum Gasteiger partial charge on any atom is -0.495 e. The molecule has 79 heavy (non-hydrogen) atoms. The van der Waals surface area contributed by atoms with Gasteiger partial charge >= 0.3 is 148 Å². The van der Waals surface area contributed by atoms with Gasteiger partial charge in [0.05, 0.1) is 44.4 Å². The first-order valence-corrected chi connectivity index (χ1v) is 30.9. The van der Waals surface area contributed by atoms with E-state index in [4.69, 9.17) is 4.74 Å². The van der Waals surface area contributed by atoms with E-state index in [9.17, 15) is 69.6 Å². The molecule has 3 heterocycles. The average molecular weight is 1240 g/mol. The van der Waals surface area contributed by atoms with E-state index in [2.05, 4.69) is 0 Å². The van der Waals surface area contributed by atoms with Gasteiger partial charge in [0, 0.05) is 53.2 Å². The fraction of sp³-hybridized carbons (Fsp3) is 0.388. The molecule has 1 aliphatic carbocycles. The Bertz CT molecular complexity index is 3600. The van der Waals surface area contributed by atoms with Crippen LogP contribution >= 0.6 is 0 Å². The van der Waals surface area contributed by atoms with E-state index >= 15 is 0 Å². The fourth-order valence-corrected chi connectivity index (χ4v) is 12.7. The zero-order valence-electron chi connectivity index (χ0n) is 46.0.